The van der Waals surface area contributed by atoms with E-state index in [1.54, 1.807) is 7.11 Å². The largest absolute Gasteiger partial charge is 0.496 e. The van der Waals surface area contributed by atoms with Crippen LogP contribution in [0.15, 0.2) is 28.7 Å². The molecule has 0 fully saturated rings. The average Bonchev–Trinajstić information content (AvgIpc) is 2.84. The van der Waals surface area contributed by atoms with Gasteiger partial charge in [0.1, 0.15) is 5.75 Å². The number of benzene rings is 1. The van der Waals surface area contributed by atoms with Gasteiger partial charge < -0.3 is 14.5 Å². The first-order valence-electron chi connectivity index (χ1n) is 6.66. The maximum Gasteiger partial charge on any atom is 0.230 e. The molecule has 1 aromatic heterocycles. The van der Waals surface area contributed by atoms with Crippen LogP contribution in [0, 0.1) is 0 Å². The zero-order valence-corrected chi connectivity index (χ0v) is 12.4. The van der Waals surface area contributed by atoms with Gasteiger partial charge in [0.15, 0.2) is 0 Å². The van der Waals surface area contributed by atoms with Crippen LogP contribution in [0.3, 0.4) is 0 Å². The molecule has 1 N–H and O–H groups in total. The molecular formula is C15H21N3O2. The Kier molecular flexibility index (Phi) is 4.39. The van der Waals surface area contributed by atoms with E-state index in [9.17, 15) is 0 Å². The van der Waals surface area contributed by atoms with Crippen molar-refractivity contribution in [1.82, 2.24) is 15.5 Å². The number of methoxy groups -OCH3 is 1. The van der Waals surface area contributed by atoms with E-state index in [0.29, 0.717) is 24.7 Å². The van der Waals surface area contributed by atoms with E-state index < -0.39 is 0 Å². The third-order valence-electron chi connectivity index (χ3n) is 2.81. The highest BCUT2D eigenvalue weighted by molar-refractivity contribution is 5.34. The van der Waals surface area contributed by atoms with Crippen LogP contribution >= 0.6 is 0 Å². The van der Waals surface area contributed by atoms with Gasteiger partial charge >= 0.3 is 0 Å². The number of hydrogen-bond donors (Lipinski definition) is 1. The fourth-order valence-corrected chi connectivity index (χ4v) is 1.78. The van der Waals surface area contributed by atoms with Crippen molar-refractivity contribution < 1.29 is 9.15 Å². The summed E-state index contributed by atoms with van der Waals surface area (Å²) in [7, 11) is 1.66. The van der Waals surface area contributed by atoms with Crippen molar-refractivity contribution in [3.05, 3.63) is 41.6 Å². The molecule has 0 amide bonds. The van der Waals surface area contributed by atoms with E-state index in [-0.39, 0.29) is 5.54 Å². The number of nitrogens with zero attached hydrogens (tertiary/aromatic N) is 2. The molecule has 0 aliphatic carbocycles. The Morgan fingerprint density at radius 2 is 1.85 bits per heavy atom. The van der Waals surface area contributed by atoms with Crippen LogP contribution in [0.1, 0.15) is 38.1 Å². The topological polar surface area (TPSA) is 60.2 Å². The molecule has 108 valence electrons. The maximum atomic E-state index is 5.64. The molecule has 5 heteroatoms. The van der Waals surface area contributed by atoms with Crippen LogP contribution < -0.4 is 10.1 Å². The van der Waals surface area contributed by atoms with Crippen molar-refractivity contribution in [2.45, 2.75) is 39.3 Å². The molecule has 0 atom stereocenters. The number of nitrogens with one attached hydrogen (secondary N) is 1. The molecule has 0 radical (unpaired) electrons. The Balaban J connectivity index is 2.02. The molecule has 0 saturated carbocycles. The van der Waals surface area contributed by atoms with Crippen molar-refractivity contribution in [2.75, 3.05) is 7.11 Å². The zero-order chi connectivity index (χ0) is 14.6. The molecule has 0 spiro atoms. The molecule has 0 bridgehead atoms. The minimum Gasteiger partial charge on any atom is -0.496 e. The van der Waals surface area contributed by atoms with Gasteiger partial charge in [-0.05, 0) is 26.8 Å². The first kappa shape index (κ1) is 14.5. The highest BCUT2D eigenvalue weighted by atomic mass is 16.5. The monoisotopic (exact) mass is 275 g/mol. The van der Waals surface area contributed by atoms with Crippen LogP contribution in [-0.4, -0.2) is 22.8 Å². The average molecular weight is 275 g/mol. The highest BCUT2D eigenvalue weighted by Crippen LogP contribution is 2.20. The molecule has 1 heterocycles. The summed E-state index contributed by atoms with van der Waals surface area (Å²) in [6.45, 7) is 6.86. The summed E-state index contributed by atoms with van der Waals surface area (Å²) in [5.41, 5.74) is 1.06. The fourth-order valence-electron chi connectivity index (χ4n) is 1.78. The van der Waals surface area contributed by atoms with Gasteiger partial charge in [0, 0.05) is 11.1 Å². The van der Waals surface area contributed by atoms with Gasteiger partial charge in [0.25, 0.3) is 0 Å². The zero-order valence-electron chi connectivity index (χ0n) is 12.4. The second kappa shape index (κ2) is 6.05. The normalized spacial score (nSPS) is 11.6. The Morgan fingerprint density at radius 3 is 2.55 bits per heavy atom. The summed E-state index contributed by atoms with van der Waals surface area (Å²) >= 11 is 0. The highest BCUT2D eigenvalue weighted by Gasteiger charge is 2.13. The quantitative estimate of drug-likeness (QED) is 0.908. The third kappa shape index (κ3) is 4.06. The lowest BCUT2D eigenvalue weighted by Gasteiger charge is -2.18. The van der Waals surface area contributed by atoms with Gasteiger partial charge in [-0.15, -0.1) is 10.2 Å². The van der Waals surface area contributed by atoms with E-state index in [4.69, 9.17) is 9.15 Å². The van der Waals surface area contributed by atoms with E-state index >= 15 is 0 Å². The number of para-hydroxylation sites is 1. The second-order valence-electron chi connectivity index (χ2n) is 5.68. The van der Waals surface area contributed by atoms with Crippen molar-refractivity contribution >= 4 is 0 Å². The Morgan fingerprint density at radius 1 is 1.15 bits per heavy atom. The summed E-state index contributed by atoms with van der Waals surface area (Å²) in [4.78, 5) is 0. The van der Waals surface area contributed by atoms with Gasteiger partial charge in [-0.3, -0.25) is 0 Å². The van der Waals surface area contributed by atoms with E-state index in [1.807, 2.05) is 24.3 Å². The lowest BCUT2D eigenvalue weighted by molar-refractivity contribution is 0.371. The third-order valence-corrected chi connectivity index (χ3v) is 2.81. The number of aromatic nitrogens is 2. The summed E-state index contributed by atoms with van der Waals surface area (Å²) in [6.07, 6.45) is 0.576. The van der Waals surface area contributed by atoms with Gasteiger partial charge in [0.05, 0.1) is 20.1 Å². The standard InChI is InChI=1S/C15H21N3O2/c1-15(2,3)16-10-14-18-17-13(20-14)9-11-7-5-6-8-12(11)19-4/h5-8,16H,9-10H2,1-4H3. The van der Waals surface area contributed by atoms with Crippen LogP contribution in [0.2, 0.25) is 0 Å². The molecule has 0 saturated heterocycles. The van der Waals surface area contributed by atoms with Crippen molar-refractivity contribution in [1.29, 1.82) is 0 Å². The van der Waals surface area contributed by atoms with E-state index in [2.05, 4.69) is 36.3 Å². The van der Waals surface area contributed by atoms with E-state index in [1.165, 1.54) is 0 Å². The predicted octanol–water partition coefficient (Wildman–Crippen LogP) is 2.56. The van der Waals surface area contributed by atoms with Gasteiger partial charge in [-0.1, -0.05) is 18.2 Å². The molecule has 2 aromatic rings. The van der Waals surface area contributed by atoms with Crippen LogP contribution in [0.4, 0.5) is 0 Å². The minimum atomic E-state index is 0.0251. The first-order valence-corrected chi connectivity index (χ1v) is 6.66. The second-order valence-corrected chi connectivity index (χ2v) is 5.68. The summed E-state index contributed by atoms with van der Waals surface area (Å²) in [6, 6.07) is 7.83. The predicted molar refractivity (Wildman–Crippen MR) is 76.7 cm³/mol. The SMILES string of the molecule is COc1ccccc1Cc1nnc(CNC(C)(C)C)o1. The number of ether oxygens (including phenoxy) is 1. The number of rotatable bonds is 5. The molecule has 2 rings (SSSR count). The van der Waals surface area contributed by atoms with Gasteiger partial charge in [0.2, 0.25) is 11.8 Å². The Hall–Kier alpha value is -1.88. The molecule has 0 aliphatic rings. The molecule has 1 aromatic carbocycles. The summed E-state index contributed by atoms with van der Waals surface area (Å²) in [5.74, 6) is 2.03. The lowest BCUT2D eigenvalue weighted by atomic mass is 10.1. The van der Waals surface area contributed by atoms with Crippen LogP contribution in [0.5, 0.6) is 5.75 Å². The van der Waals surface area contributed by atoms with Crippen LogP contribution in [0.25, 0.3) is 0 Å². The van der Waals surface area contributed by atoms with Gasteiger partial charge in [-0.2, -0.15) is 0 Å². The maximum absolute atomic E-state index is 5.64. The van der Waals surface area contributed by atoms with Gasteiger partial charge in [-0.25, -0.2) is 0 Å². The Bertz CT molecular complexity index is 558. The molecule has 0 aliphatic heterocycles. The molecule has 0 unspecified atom stereocenters. The number of hydrogen-bond acceptors (Lipinski definition) is 5. The summed E-state index contributed by atoms with van der Waals surface area (Å²) in [5, 5.41) is 11.4. The van der Waals surface area contributed by atoms with E-state index in [0.717, 1.165) is 11.3 Å². The first-order chi connectivity index (χ1) is 9.48. The summed E-state index contributed by atoms with van der Waals surface area (Å²) < 4.78 is 11.0. The fraction of sp³-hybridized carbons (Fsp3) is 0.467. The van der Waals surface area contributed by atoms with Crippen molar-refractivity contribution in [3.8, 4) is 5.75 Å². The van der Waals surface area contributed by atoms with Crippen molar-refractivity contribution in [2.24, 2.45) is 0 Å². The minimum absolute atomic E-state index is 0.0251. The lowest BCUT2D eigenvalue weighted by Crippen LogP contribution is -2.35. The molecular weight excluding hydrogens is 254 g/mol. The Labute approximate surface area is 119 Å². The molecule has 20 heavy (non-hydrogen) atoms. The van der Waals surface area contributed by atoms with Crippen LogP contribution in [-0.2, 0) is 13.0 Å². The van der Waals surface area contributed by atoms with Crippen molar-refractivity contribution in [3.63, 3.8) is 0 Å². The molecule has 5 nitrogen and oxygen atoms in total. The smallest absolute Gasteiger partial charge is 0.230 e.